The second-order valence-electron chi connectivity index (χ2n) is 6.75. The van der Waals surface area contributed by atoms with E-state index in [9.17, 15) is 9.59 Å². The van der Waals surface area contributed by atoms with Crippen LogP contribution in [0.2, 0.25) is 0 Å². The number of ether oxygens (including phenoxy) is 2. The Balaban J connectivity index is 1.68. The molecule has 0 aliphatic heterocycles. The Labute approximate surface area is 172 Å². The zero-order valence-electron chi connectivity index (χ0n) is 16.8. The van der Waals surface area contributed by atoms with Gasteiger partial charge in [0.05, 0.1) is 32.6 Å². The van der Waals surface area contributed by atoms with E-state index in [4.69, 9.17) is 9.47 Å². The molecule has 0 saturated carbocycles. The topological polar surface area (TPSA) is 88.2 Å². The summed E-state index contributed by atoms with van der Waals surface area (Å²) in [7, 11) is 3.03. The van der Waals surface area contributed by atoms with Crippen molar-refractivity contribution in [1.82, 2.24) is 19.3 Å². The van der Waals surface area contributed by atoms with Crippen LogP contribution in [0.5, 0.6) is 11.5 Å². The van der Waals surface area contributed by atoms with E-state index in [1.807, 2.05) is 31.2 Å². The number of fused-ring (bicyclic) bond motifs is 1. The van der Waals surface area contributed by atoms with Crippen LogP contribution in [0.3, 0.4) is 0 Å². The summed E-state index contributed by atoms with van der Waals surface area (Å²) in [5.41, 5.74) is 2.39. The van der Waals surface area contributed by atoms with Crippen LogP contribution in [0.25, 0.3) is 16.7 Å². The van der Waals surface area contributed by atoms with E-state index < -0.39 is 0 Å². The van der Waals surface area contributed by atoms with Crippen molar-refractivity contribution in [3.8, 4) is 17.2 Å². The third-order valence-corrected chi connectivity index (χ3v) is 4.92. The van der Waals surface area contributed by atoms with Crippen molar-refractivity contribution in [1.29, 1.82) is 0 Å². The number of methoxy groups -OCH3 is 2. The molecule has 2 aromatic heterocycles. The summed E-state index contributed by atoms with van der Waals surface area (Å²) < 4.78 is 13.4. The Morgan fingerprint density at radius 1 is 1.07 bits per heavy atom. The largest absolute Gasteiger partial charge is 0.493 e. The molecule has 0 amide bonds. The van der Waals surface area contributed by atoms with Gasteiger partial charge in [-0.2, -0.15) is 5.10 Å². The highest BCUT2D eigenvalue weighted by Gasteiger charge is 2.16. The molecule has 8 heteroatoms. The van der Waals surface area contributed by atoms with Crippen LogP contribution in [0.15, 0.2) is 59.8 Å². The molecule has 0 radical (unpaired) electrons. The lowest BCUT2D eigenvalue weighted by molar-refractivity contribution is 0.0970. The van der Waals surface area contributed by atoms with Gasteiger partial charge in [0.1, 0.15) is 11.7 Å². The number of para-hydroxylation sites is 1. The molecule has 0 fully saturated rings. The Morgan fingerprint density at radius 3 is 2.57 bits per heavy atom. The third-order valence-electron chi connectivity index (χ3n) is 4.92. The highest BCUT2D eigenvalue weighted by atomic mass is 16.5. The van der Waals surface area contributed by atoms with Crippen LogP contribution in [0, 0.1) is 6.92 Å². The number of hydrogen-bond donors (Lipinski definition) is 0. The quantitative estimate of drug-likeness (QED) is 0.459. The molecule has 0 bridgehead atoms. The van der Waals surface area contributed by atoms with Gasteiger partial charge < -0.3 is 9.47 Å². The fourth-order valence-electron chi connectivity index (χ4n) is 3.29. The SMILES string of the molecule is COc1ccc(C(=O)Cn2cnc3c(cnn3-c3ccccc3C)c2=O)cc1OC. The summed E-state index contributed by atoms with van der Waals surface area (Å²) in [4.78, 5) is 30.1. The van der Waals surface area contributed by atoms with Crippen molar-refractivity contribution < 1.29 is 14.3 Å². The maximum atomic E-state index is 12.9. The summed E-state index contributed by atoms with van der Waals surface area (Å²) in [6.45, 7) is 1.82. The van der Waals surface area contributed by atoms with Crippen LogP contribution in [-0.2, 0) is 6.54 Å². The molecule has 4 aromatic rings. The minimum Gasteiger partial charge on any atom is -0.493 e. The average molecular weight is 404 g/mol. The third kappa shape index (κ3) is 3.32. The number of ketones is 1. The number of hydrogen-bond acceptors (Lipinski definition) is 6. The van der Waals surface area contributed by atoms with E-state index in [2.05, 4.69) is 10.1 Å². The van der Waals surface area contributed by atoms with Gasteiger partial charge in [-0.3, -0.25) is 14.2 Å². The van der Waals surface area contributed by atoms with E-state index >= 15 is 0 Å². The van der Waals surface area contributed by atoms with Crippen LogP contribution in [0.1, 0.15) is 15.9 Å². The minimum absolute atomic E-state index is 0.146. The standard InChI is InChI=1S/C22H20N4O4/c1-14-6-4-5-7-17(14)26-21-16(11-24-26)22(28)25(13-23-21)12-18(27)15-8-9-19(29-2)20(10-15)30-3/h4-11,13H,12H2,1-3H3. The second kappa shape index (κ2) is 7.82. The lowest BCUT2D eigenvalue weighted by Gasteiger charge is -2.10. The summed E-state index contributed by atoms with van der Waals surface area (Å²) in [5.74, 6) is 0.729. The number of rotatable bonds is 6. The smallest absolute Gasteiger partial charge is 0.264 e. The number of Topliss-reactive ketones (excluding diaryl/α,β-unsaturated/α-hetero) is 1. The predicted octanol–water partition coefficient (Wildman–Crippen LogP) is 2.79. The molecule has 0 spiro atoms. The minimum atomic E-state index is -0.325. The summed E-state index contributed by atoms with van der Waals surface area (Å²) >= 11 is 0. The van der Waals surface area contributed by atoms with Crippen molar-refractivity contribution in [3.63, 3.8) is 0 Å². The van der Waals surface area contributed by atoms with Crippen LogP contribution in [-0.4, -0.2) is 39.3 Å². The Hall–Kier alpha value is -3.94. The second-order valence-corrected chi connectivity index (χ2v) is 6.75. The molecule has 152 valence electrons. The van der Waals surface area contributed by atoms with Gasteiger partial charge in [-0.1, -0.05) is 18.2 Å². The lowest BCUT2D eigenvalue weighted by Crippen LogP contribution is -2.24. The molecule has 0 aliphatic rings. The monoisotopic (exact) mass is 404 g/mol. The van der Waals surface area contributed by atoms with Gasteiger partial charge in [-0.15, -0.1) is 0 Å². The molecule has 8 nitrogen and oxygen atoms in total. The first-order valence-corrected chi connectivity index (χ1v) is 9.28. The van der Waals surface area contributed by atoms with Gasteiger partial charge in [0.2, 0.25) is 0 Å². The molecular weight excluding hydrogens is 384 g/mol. The Bertz CT molecular complexity index is 1310. The molecule has 2 aromatic carbocycles. The number of aryl methyl sites for hydroxylation is 1. The first-order chi connectivity index (χ1) is 14.5. The van der Waals surface area contributed by atoms with Crippen molar-refractivity contribution in [2.45, 2.75) is 13.5 Å². The number of carbonyl (C=O) groups is 1. The summed E-state index contributed by atoms with van der Waals surface area (Å²) in [6.07, 6.45) is 2.86. The maximum absolute atomic E-state index is 12.9. The molecule has 0 aliphatic carbocycles. The fraction of sp³-hybridized carbons (Fsp3) is 0.182. The van der Waals surface area contributed by atoms with Crippen molar-refractivity contribution in [2.24, 2.45) is 0 Å². The van der Waals surface area contributed by atoms with Crippen LogP contribution >= 0.6 is 0 Å². The van der Waals surface area contributed by atoms with E-state index in [1.54, 1.807) is 22.9 Å². The normalized spacial score (nSPS) is 10.9. The number of benzene rings is 2. The van der Waals surface area contributed by atoms with Crippen molar-refractivity contribution in [3.05, 3.63) is 76.5 Å². The van der Waals surface area contributed by atoms with Gasteiger partial charge in [-0.25, -0.2) is 9.67 Å². The van der Waals surface area contributed by atoms with Crippen LogP contribution in [0.4, 0.5) is 0 Å². The van der Waals surface area contributed by atoms with Gasteiger partial charge in [-0.05, 0) is 36.8 Å². The maximum Gasteiger partial charge on any atom is 0.264 e. The zero-order chi connectivity index (χ0) is 21.3. The Kier molecular flexibility index (Phi) is 5.05. The van der Waals surface area contributed by atoms with Gasteiger partial charge >= 0.3 is 0 Å². The van der Waals surface area contributed by atoms with Crippen molar-refractivity contribution >= 4 is 16.8 Å². The molecular formula is C22H20N4O4. The van der Waals surface area contributed by atoms with E-state index in [0.717, 1.165) is 11.3 Å². The first kappa shape index (κ1) is 19.4. The molecule has 30 heavy (non-hydrogen) atoms. The number of nitrogens with zero attached hydrogens (tertiary/aromatic N) is 4. The number of aromatic nitrogens is 4. The summed E-state index contributed by atoms with van der Waals surface area (Å²) in [6, 6.07) is 12.6. The van der Waals surface area contributed by atoms with Gasteiger partial charge in [0.25, 0.3) is 5.56 Å². The molecule has 0 unspecified atom stereocenters. The molecule has 0 saturated heterocycles. The lowest BCUT2D eigenvalue weighted by atomic mass is 10.1. The zero-order valence-corrected chi connectivity index (χ0v) is 16.8. The first-order valence-electron chi connectivity index (χ1n) is 9.28. The molecule has 2 heterocycles. The molecule has 4 rings (SSSR count). The molecule has 0 atom stereocenters. The van der Waals surface area contributed by atoms with Crippen molar-refractivity contribution in [2.75, 3.05) is 14.2 Å². The van der Waals surface area contributed by atoms with Gasteiger partial charge in [0.15, 0.2) is 22.9 Å². The number of carbonyl (C=O) groups excluding carboxylic acids is 1. The highest BCUT2D eigenvalue weighted by molar-refractivity contribution is 5.96. The van der Waals surface area contributed by atoms with E-state index in [1.165, 1.54) is 31.3 Å². The fourth-order valence-corrected chi connectivity index (χ4v) is 3.29. The Morgan fingerprint density at radius 2 is 1.83 bits per heavy atom. The summed E-state index contributed by atoms with van der Waals surface area (Å²) in [5, 5.41) is 4.68. The average Bonchev–Trinajstić information content (AvgIpc) is 3.20. The van der Waals surface area contributed by atoms with Gasteiger partial charge in [0, 0.05) is 5.56 Å². The van der Waals surface area contributed by atoms with Crippen LogP contribution < -0.4 is 15.0 Å². The molecule has 0 N–H and O–H groups in total. The van der Waals surface area contributed by atoms with E-state index in [0.29, 0.717) is 28.1 Å². The van der Waals surface area contributed by atoms with E-state index in [-0.39, 0.29) is 17.9 Å². The predicted molar refractivity (Wildman–Crippen MR) is 112 cm³/mol. The highest BCUT2D eigenvalue weighted by Crippen LogP contribution is 2.27.